The van der Waals surface area contributed by atoms with Crippen LogP contribution in [0, 0.1) is 0 Å². The fraction of sp³-hybridized carbons (Fsp3) is 0.111. The van der Waals surface area contributed by atoms with E-state index in [1.54, 1.807) is 48.5 Å². The molecule has 5 N–H and O–H groups in total. The van der Waals surface area contributed by atoms with Crippen LogP contribution in [0.1, 0.15) is 17.2 Å². The molecule has 8 heteroatoms. The van der Waals surface area contributed by atoms with Crippen LogP contribution in [0.3, 0.4) is 0 Å². The topological polar surface area (TPSA) is 112 Å². The van der Waals surface area contributed by atoms with Crippen LogP contribution >= 0.6 is 11.6 Å². The summed E-state index contributed by atoms with van der Waals surface area (Å²) in [6.45, 7) is 0. The fourth-order valence-electron chi connectivity index (χ4n) is 2.08. The quantitative estimate of drug-likeness (QED) is 0.396. The van der Waals surface area contributed by atoms with Crippen LogP contribution in [0.15, 0.2) is 59.6 Å². The number of rotatable bonds is 5. The van der Waals surface area contributed by atoms with Crippen LogP contribution in [0.25, 0.3) is 11.4 Å². The van der Waals surface area contributed by atoms with Crippen molar-refractivity contribution >= 4 is 34.7 Å². The molecule has 26 heavy (non-hydrogen) atoms. The molecule has 0 spiro atoms. The molecular formula is C18H18ClN4NaO2. The van der Waals surface area contributed by atoms with Crippen LogP contribution in [-0.2, 0) is 4.79 Å². The number of anilines is 1. The second kappa shape index (κ2) is 10.4. The van der Waals surface area contributed by atoms with Gasteiger partial charge in [0.05, 0.1) is 0 Å². The summed E-state index contributed by atoms with van der Waals surface area (Å²) in [5.41, 5.74) is 15.3. The SMILES string of the molecule is CN=C([NH-])/C=C(\N)c1cccc(NC(=O)C(O)c2ccc(Cl)cc2)c1.[Na+]. The predicted molar refractivity (Wildman–Crippen MR) is 101 cm³/mol. The number of benzene rings is 2. The number of amides is 1. The summed E-state index contributed by atoms with van der Waals surface area (Å²) in [5, 5.41) is 13.3. The van der Waals surface area contributed by atoms with E-state index in [-0.39, 0.29) is 35.4 Å². The summed E-state index contributed by atoms with van der Waals surface area (Å²) < 4.78 is 0. The molecule has 6 nitrogen and oxygen atoms in total. The first-order valence-electron chi connectivity index (χ1n) is 7.41. The molecular weight excluding hydrogens is 363 g/mol. The summed E-state index contributed by atoms with van der Waals surface area (Å²) in [7, 11) is 1.50. The predicted octanol–water partition coefficient (Wildman–Crippen LogP) is 0.396. The Bertz CT molecular complexity index is 822. The van der Waals surface area contributed by atoms with Gasteiger partial charge in [0, 0.05) is 16.4 Å². The minimum atomic E-state index is -1.32. The van der Waals surface area contributed by atoms with Gasteiger partial charge in [-0.05, 0) is 41.5 Å². The summed E-state index contributed by atoms with van der Waals surface area (Å²) >= 11 is 5.80. The molecule has 2 aromatic rings. The summed E-state index contributed by atoms with van der Waals surface area (Å²) in [6, 6.07) is 13.2. The van der Waals surface area contributed by atoms with Crippen LogP contribution < -0.4 is 40.6 Å². The molecule has 0 heterocycles. The second-order valence-corrected chi connectivity index (χ2v) is 5.67. The van der Waals surface area contributed by atoms with Gasteiger partial charge < -0.3 is 26.9 Å². The summed E-state index contributed by atoms with van der Waals surface area (Å²) in [6.07, 6.45) is 0.102. The number of nitrogens with one attached hydrogen (secondary N) is 2. The van der Waals surface area contributed by atoms with Gasteiger partial charge >= 0.3 is 29.6 Å². The van der Waals surface area contributed by atoms with Crippen LogP contribution in [0.2, 0.25) is 5.02 Å². The zero-order valence-corrected chi connectivity index (χ0v) is 17.3. The molecule has 130 valence electrons. The van der Waals surface area contributed by atoms with Gasteiger partial charge in [-0.2, -0.15) is 0 Å². The Kier molecular flexibility index (Phi) is 8.84. The maximum absolute atomic E-state index is 12.2. The Balaban J connectivity index is 0.00000338. The number of carbonyl (C=O) groups is 1. The largest absolute Gasteiger partial charge is 1.00 e. The molecule has 1 atom stereocenters. The summed E-state index contributed by atoms with van der Waals surface area (Å²) in [5.74, 6) is -0.525. The van der Waals surface area contributed by atoms with Crippen molar-refractivity contribution in [2.24, 2.45) is 10.7 Å². The number of carbonyl (C=O) groups excluding carboxylic acids is 1. The molecule has 0 aliphatic rings. The van der Waals surface area contributed by atoms with Crippen molar-refractivity contribution in [2.45, 2.75) is 6.10 Å². The van der Waals surface area contributed by atoms with Gasteiger partial charge in [0.2, 0.25) is 0 Å². The zero-order valence-electron chi connectivity index (χ0n) is 14.5. The number of hydrogen-bond acceptors (Lipinski definition) is 4. The Morgan fingerprint density at radius 3 is 2.58 bits per heavy atom. The number of aliphatic hydroxyl groups excluding tert-OH is 1. The smallest absolute Gasteiger partial charge is 0.482 e. The third kappa shape index (κ3) is 6.16. The van der Waals surface area contributed by atoms with E-state index in [9.17, 15) is 9.90 Å². The first kappa shape index (κ1) is 22.2. The molecule has 0 saturated carbocycles. The third-order valence-corrected chi connectivity index (χ3v) is 3.68. The number of hydrogen-bond donors (Lipinski definition) is 3. The Morgan fingerprint density at radius 1 is 1.31 bits per heavy atom. The van der Waals surface area contributed by atoms with E-state index in [1.807, 2.05) is 0 Å². The first-order chi connectivity index (χ1) is 11.9. The van der Waals surface area contributed by atoms with Gasteiger partial charge in [0.25, 0.3) is 5.91 Å². The Labute approximate surface area is 179 Å². The number of nitrogens with two attached hydrogens (primary N) is 1. The molecule has 0 aliphatic carbocycles. The van der Waals surface area contributed by atoms with Crippen molar-refractivity contribution in [1.29, 1.82) is 0 Å². The minimum Gasteiger partial charge on any atom is -0.482 e. The number of aliphatic hydroxyl groups is 1. The van der Waals surface area contributed by atoms with E-state index in [2.05, 4.69) is 10.3 Å². The molecule has 0 aliphatic heterocycles. The molecule has 0 fully saturated rings. The standard InChI is InChI=1S/C18H19ClN4O2.Na/c1-22-16(21)10-15(20)12-3-2-4-14(9-12)23-18(25)17(24)11-5-7-13(19)8-6-11;/h2-10,17,24H,1H3,(H5,20,21,22,23,25);/q;+1/p-1. The van der Waals surface area contributed by atoms with E-state index < -0.39 is 12.0 Å². The fourth-order valence-corrected chi connectivity index (χ4v) is 2.20. The van der Waals surface area contributed by atoms with E-state index in [0.717, 1.165) is 0 Å². The zero-order chi connectivity index (χ0) is 18.4. The Hall–Kier alpha value is -1.83. The van der Waals surface area contributed by atoms with E-state index in [1.165, 1.54) is 13.1 Å². The van der Waals surface area contributed by atoms with Crippen molar-refractivity contribution in [1.82, 2.24) is 0 Å². The van der Waals surface area contributed by atoms with Gasteiger partial charge in [-0.3, -0.25) is 4.79 Å². The molecule has 2 aromatic carbocycles. The average molecular weight is 381 g/mol. The molecule has 2 rings (SSSR count). The number of nitrogens with zero attached hydrogens (tertiary/aromatic N) is 1. The van der Waals surface area contributed by atoms with Crippen molar-refractivity contribution in [3.8, 4) is 0 Å². The van der Waals surface area contributed by atoms with Crippen LogP contribution in [0.4, 0.5) is 5.69 Å². The van der Waals surface area contributed by atoms with Crippen molar-refractivity contribution < 1.29 is 39.5 Å². The van der Waals surface area contributed by atoms with Gasteiger partial charge in [-0.25, -0.2) is 0 Å². The molecule has 0 saturated heterocycles. The van der Waals surface area contributed by atoms with Gasteiger partial charge in [0.1, 0.15) is 0 Å². The van der Waals surface area contributed by atoms with Gasteiger partial charge in [-0.15, -0.1) is 0 Å². The molecule has 1 unspecified atom stereocenters. The molecule has 0 radical (unpaired) electrons. The number of aliphatic imine (C=N–C) groups is 1. The third-order valence-electron chi connectivity index (χ3n) is 3.43. The van der Waals surface area contributed by atoms with Crippen molar-refractivity contribution in [3.63, 3.8) is 0 Å². The van der Waals surface area contributed by atoms with Crippen LogP contribution in [0.5, 0.6) is 0 Å². The van der Waals surface area contributed by atoms with Gasteiger partial charge in [0.15, 0.2) is 6.10 Å². The van der Waals surface area contributed by atoms with Crippen molar-refractivity contribution in [2.75, 3.05) is 12.4 Å². The summed E-state index contributed by atoms with van der Waals surface area (Å²) in [4.78, 5) is 15.9. The molecule has 0 aromatic heterocycles. The average Bonchev–Trinajstić information content (AvgIpc) is 2.61. The van der Waals surface area contributed by atoms with Crippen LogP contribution in [-0.4, -0.2) is 23.9 Å². The second-order valence-electron chi connectivity index (χ2n) is 5.23. The van der Waals surface area contributed by atoms with E-state index >= 15 is 0 Å². The minimum absolute atomic E-state index is 0. The first-order valence-corrected chi connectivity index (χ1v) is 7.79. The number of amidine groups is 1. The molecule has 1 amide bonds. The van der Waals surface area contributed by atoms with E-state index in [4.69, 9.17) is 23.1 Å². The monoisotopic (exact) mass is 380 g/mol. The normalized spacial score (nSPS) is 12.9. The number of halogens is 1. The van der Waals surface area contributed by atoms with Gasteiger partial charge in [-0.1, -0.05) is 48.7 Å². The Morgan fingerprint density at radius 2 is 1.96 bits per heavy atom. The van der Waals surface area contributed by atoms with E-state index in [0.29, 0.717) is 27.5 Å². The maximum atomic E-state index is 12.2. The maximum Gasteiger partial charge on any atom is 1.00 e. The molecule has 0 bridgehead atoms. The van der Waals surface area contributed by atoms with Crippen molar-refractivity contribution in [3.05, 3.63) is 76.5 Å².